The second kappa shape index (κ2) is 5.53. The molecule has 6 heteroatoms. The summed E-state index contributed by atoms with van der Waals surface area (Å²) in [5.41, 5.74) is 0. The lowest BCUT2D eigenvalue weighted by atomic mass is 10.3. The van der Waals surface area contributed by atoms with Crippen molar-refractivity contribution in [3.63, 3.8) is 0 Å². The van der Waals surface area contributed by atoms with E-state index in [2.05, 4.69) is 10.2 Å². The molecular formula is C8H15N3OS2. The fourth-order valence-electron chi connectivity index (χ4n) is 0.727. The summed E-state index contributed by atoms with van der Waals surface area (Å²) in [7, 11) is 3.88. The Morgan fingerprint density at radius 1 is 1.50 bits per heavy atom. The predicted molar refractivity (Wildman–Crippen MR) is 61.3 cm³/mol. The van der Waals surface area contributed by atoms with E-state index in [9.17, 15) is 5.11 Å². The van der Waals surface area contributed by atoms with E-state index in [1.165, 1.54) is 0 Å². The topological polar surface area (TPSA) is 49.3 Å². The third-order valence-electron chi connectivity index (χ3n) is 1.65. The van der Waals surface area contributed by atoms with Crippen LogP contribution in [0.2, 0.25) is 0 Å². The lowest BCUT2D eigenvalue weighted by molar-refractivity contribution is 0.195. The Kier molecular flexibility index (Phi) is 4.64. The Bertz CT molecular complexity index is 277. The van der Waals surface area contributed by atoms with Gasteiger partial charge in [0.15, 0.2) is 4.34 Å². The zero-order valence-electron chi connectivity index (χ0n) is 8.60. The van der Waals surface area contributed by atoms with E-state index in [0.717, 1.165) is 15.9 Å². The largest absolute Gasteiger partial charge is 0.392 e. The minimum Gasteiger partial charge on any atom is -0.392 e. The molecule has 0 radical (unpaired) electrons. The SMILES string of the molecule is CCC(O)CSc1nnc(N(C)C)s1. The first kappa shape index (κ1) is 11.7. The lowest BCUT2D eigenvalue weighted by Crippen LogP contribution is -2.07. The predicted octanol–water partition coefficient (Wildman–Crippen LogP) is 1.47. The van der Waals surface area contributed by atoms with E-state index < -0.39 is 0 Å². The molecule has 1 unspecified atom stereocenters. The average molecular weight is 233 g/mol. The summed E-state index contributed by atoms with van der Waals surface area (Å²) in [4.78, 5) is 1.93. The number of hydrogen-bond donors (Lipinski definition) is 1. The van der Waals surface area contributed by atoms with Crippen molar-refractivity contribution in [2.75, 3.05) is 24.7 Å². The second-order valence-corrected chi connectivity index (χ2v) is 5.34. The molecule has 1 rings (SSSR count). The third-order valence-corrected chi connectivity index (χ3v) is 4.02. The molecule has 0 saturated heterocycles. The number of rotatable bonds is 5. The first-order chi connectivity index (χ1) is 6.63. The zero-order chi connectivity index (χ0) is 10.6. The minimum absolute atomic E-state index is 0.244. The van der Waals surface area contributed by atoms with Crippen molar-refractivity contribution in [1.29, 1.82) is 0 Å². The van der Waals surface area contributed by atoms with E-state index in [4.69, 9.17) is 0 Å². The summed E-state index contributed by atoms with van der Waals surface area (Å²) in [6, 6.07) is 0. The molecule has 1 heterocycles. The highest BCUT2D eigenvalue weighted by Crippen LogP contribution is 2.27. The van der Waals surface area contributed by atoms with Crippen molar-refractivity contribution in [3.05, 3.63) is 0 Å². The highest BCUT2D eigenvalue weighted by Gasteiger charge is 2.08. The van der Waals surface area contributed by atoms with Gasteiger partial charge < -0.3 is 10.0 Å². The summed E-state index contributed by atoms with van der Waals surface area (Å²) in [6.45, 7) is 1.97. The van der Waals surface area contributed by atoms with Crippen LogP contribution in [0, 0.1) is 0 Å². The van der Waals surface area contributed by atoms with Gasteiger partial charge in [-0.05, 0) is 6.42 Å². The maximum Gasteiger partial charge on any atom is 0.208 e. The first-order valence-electron chi connectivity index (χ1n) is 4.45. The molecule has 0 spiro atoms. The molecule has 0 aliphatic carbocycles. The van der Waals surface area contributed by atoms with Crippen LogP contribution < -0.4 is 4.90 Å². The normalized spacial score (nSPS) is 12.9. The van der Waals surface area contributed by atoms with Gasteiger partial charge in [-0.3, -0.25) is 0 Å². The smallest absolute Gasteiger partial charge is 0.208 e. The Labute approximate surface area is 92.3 Å². The van der Waals surface area contributed by atoms with Crippen molar-refractivity contribution in [3.8, 4) is 0 Å². The molecule has 14 heavy (non-hydrogen) atoms. The van der Waals surface area contributed by atoms with Gasteiger partial charge in [0.1, 0.15) is 0 Å². The van der Waals surface area contributed by atoms with Gasteiger partial charge >= 0.3 is 0 Å². The van der Waals surface area contributed by atoms with E-state index >= 15 is 0 Å². The molecular weight excluding hydrogens is 218 g/mol. The van der Waals surface area contributed by atoms with Gasteiger partial charge in [0.2, 0.25) is 5.13 Å². The monoisotopic (exact) mass is 233 g/mol. The minimum atomic E-state index is -0.244. The van der Waals surface area contributed by atoms with Crippen LogP contribution in [0.5, 0.6) is 0 Å². The first-order valence-corrected chi connectivity index (χ1v) is 6.25. The van der Waals surface area contributed by atoms with Gasteiger partial charge in [-0.15, -0.1) is 10.2 Å². The maximum absolute atomic E-state index is 9.36. The van der Waals surface area contributed by atoms with Crippen LogP contribution in [-0.4, -0.2) is 41.3 Å². The molecule has 0 fully saturated rings. The molecule has 0 aliphatic rings. The highest BCUT2D eigenvalue weighted by molar-refractivity contribution is 8.01. The standard InChI is InChI=1S/C8H15N3OS2/c1-4-6(12)5-13-8-10-9-7(14-8)11(2)3/h6,12H,4-5H2,1-3H3. The lowest BCUT2D eigenvalue weighted by Gasteiger charge is -2.04. The summed E-state index contributed by atoms with van der Waals surface area (Å²) in [5.74, 6) is 0.693. The third kappa shape index (κ3) is 3.43. The van der Waals surface area contributed by atoms with E-state index in [-0.39, 0.29) is 6.10 Å². The van der Waals surface area contributed by atoms with Crippen LogP contribution >= 0.6 is 23.1 Å². The van der Waals surface area contributed by atoms with Crippen LogP contribution in [-0.2, 0) is 0 Å². The van der Waals surface area contributed by atoms with E-state index in [1.54, 1.807) is 23.1 Å². The van der Waals surface area contributed by atoms with Crippen LogP contribution in [0.1, 0.15) is 13.3 Å². The van der Waals surface area contributed by atoms with Crippen LogP contribution in [0.3, 0.4) is 0 Å². The fraction of sp³-hybridized carbons (Fsp3) is 0.750. The summed E-state index contributed by atoms with van der Waals surface area (Å²) in [6.07, 6.45) is 0.540. The molecule has 4 nitrogen and oxygen atoms in total. The number of hydrogen-bond acceptors (Lipinski definition) is 6. The molecule has 1 N–H and O–H groups in total. The number of anilines is 1. The number of aliphatic hydroxyl groups is 1. The molecule has 1 aromatic rings. The highest BCUT2D eigenvalue weighted by atomic mass is 32.2. The van der Waals surface area contributed by atoms with Gasteiger partial charge in [-0.25, -0.2) is 0 Å². The van der Waals surface area contributed by atoms with Crippen LogP contribution in [0.4, 0.5) is 5.13 Å². The maximum atomic E-state index is 9.36. The Morgan fingerprint density at radius 2 is 2.21 bits per heavy atom. The van der Waals surface area contributed by atoms with Crippen molar-refractivity contribution >= 4 is 28.2 Å². The molecule has 1 atom stereocenters. The zero-order valence-corrected chi connectivity index (χ0v) is 10.2. The van der Waals surface area contributed by atoms with Crippen LogP contribution in [0.25, 0.3) is 0 Å². The number of nitrogens with zero attached hydrogens (tertiary/aromatic N) is 3. The van der Waals surface area contributed by atoms with Crippen molar-refractivity contribution in [2.24, 2.45) is 0 Å². The van der Waals surface area contributed by atoms with Gasteiger partial charge in [0.05, 0.1) is 6.10 Å². The summed E-state index contributed by atoms with van der Waals surface area (Å²) in [5, 5.41) is 18.3. The van der Waals surface area contributed by atoms with Crippen molar-refractivity contribution in [1.82, 2.24) is 10.2 Å². The Hall–Kier alpha value is -0.330. The molecule has 0 amide bonds. The van der Waals surface area contributed by atoms with Gasteiger partial charge in [0.25, 0.3) is 0 Å². The van der Waals surface area contributed by atoms with Gasteiger partial charge in [-0.1, -0.05) is 30.0 Å². The molecule has 80 valence electrons. The fourth-order valence-corrected chi connectivity index (χ4v) is 2.56. The molecule has 0 aromatic carbocycles. The quantitative estimate of drug-likeness (QED) is 0.780. The summed E-state index contributed by atoms with van der Waals surface area (Å²) < 4.78 is 0.918. The van der Waals surface area contributed by atoms with Crippen LogP contribution in [0.15, 0.2) is 4.34 Å². The van der Waals surface area contributed by atoms with Crippen molar-refractivity contribution < 1.29 is 5.11 Å². The van der Waals surface area contributed by atoms with Gasteiger partial charge in [-0.2, -0.15) is 0 Å². The van der Waals surface area contributed by atoms with Gasteiger partial charge in [0, 0.05) is 19.8 Å². The summed E-state index contributed by atoms with van der Waals surface area (Å²) >= 11 is 3.11. The molecule has 1 aromatic heterocycles. The molecule has 0 saturated carbocycles. The molecule has 0 bridgehead atoms. The van der Waals surface area contributed by atoms with Crippen molar-refractivity contribution in [2.45, 2.75) is 23.8 Å². The average Bonchev–Trinajstić information content (AvgIpc) is 2.62. The number of thioether (sulfide) groups is 1. The van der Waals surface area contributed by atoms with E-state index in [0.29, 0.717) is 5.75 Å². The molecule has 0 aliphatic heterocycles. The Balaban J connectivity index is 2.44. The Morgan fingerprint density at radius 3 is 2.71 bits per heavy atom. The number of aromatic nitrogens is 2. The van der Waals surface area contributed by atoms with E-state index in [1.807, 2.05) is 25.9 Å². The second-order valence-electron chi connectivity index (χ2n) is 3.12. The number of aliphatic hydroxyl groups excluding tert-OH is 1.